The van der Waals surface area contributed by atoms with Gasteiger partial charge in [0.2, 0.25) is 0 Å². The standard InChI is InChI=1S/C80H85Cl6N23O4S2/c1-46(61-7-4-55(81)23-64(61)84)107-78-75(67(26-87)98-107)91-30-72(95-78)105-40-53(41-105)50-19-47(33-102(36-50)59-10-15-114(110,111)16-11-59)22-71(63-9-6-57(83)25-66(63)86)109-80-77(69(28-89)100-109)93-32-74(97-80)106-42-54(43-106)51-20-48(34-103(37-51)60-12-17-115(112,113)18-13-60)21-70(62-8-5-56(82)24-65(62)85)108-79-76(68(27-88)99-108)92-31-73(96-79)104-38-52(39-104)49-3-2-14-101(35-49)44-58-29-90-45-94-58/h4-9,23-25,29-32,45-54,59-60,70-71H,2-3,10-22,33-44H2,1H3,(H,90,94)/t46-,47?,48?,49-,50-,51+,70-,71-/m1/s1. The number of aromatic amines is 1. The number of hydrogen-bond acceptors (Lipinski definition) is 23. The molecule has 10 aromatic rings. The van der Waals surface area contributed by atoms with Gasteiger partial charge in [-0.25, -0.2) is 65.8 Å². The Kier molecular flexibility index (Phi) is 21.7. The molecule has 8 saturated heterocycles. The number of sulfone groups is 2. The first kappa shape index (κ1) is 78.1. The van der Waals surface area contributed by atoms with Crippen molar-refractivity contribution in [2.45, 2.75) is 108 Å². The van der Waals surface area contributed by atoms with E-state index in [1.165, 1.54) is 6.42 Å². The predicted octanol–water partition coefficient (Wildman–Crippen LogP) is 12.6. The van der Waals surface area contributed by atoms with E-state index in [1.54, 1.807) is 53.9 Å². The van der Waals surface area contributed by atoms with Gasteiger partial charge in [0.15, 0.2) is 34.0 Å². The average Bonchev–Trinajstić information content (AvgIpc) is 1.67. The van der Waals surface area contributed by atoms with Crippen LogP contribution in [-0.4, -0.2) is 214 Å². The highest BCUT2D eigenvalue weighted by Gasteiger charge is 2.47. The molecule has 0 spiro atoms. The second kappa shape index (κ2) is 32.0. The molecule has 35 heteroatoms. The Morgan fingerprint density at radius 2 is 0.878 bits per heavy atom. The van der Waals surface area contributed by atoms with Crippen LogP contribution in [0.1, 0.15) is 129 Å². The quantitative estimate of drug-likeness (QED) is 0.0741. The van der Waals surface area contributed by atoms with Crippen molar-refractivity contribution in [3.8, 4) is 18.2 Å². The topological polar surface area (TPSA) is 319 Å². The molecule has 0 radical (unpaired) electrons. The number of rotatable bonds is 20. The van der Waals surface area contributed by atoms with Crippen LogP contribution in [0.4, 0.5) is 17.5 Å². The van der Waals surface area contributed by atoms with Crippen molar-refractivity contribution < 1.29 is 16.8 Å². The number of likely N-dealkylation sites (tertiary alicyclic amines) is 3. The fourth-order valence-electron chi connectivity index (χ4n) is 19.8. The van der Waals surface area contributed by atoms with Crippen LogP contribution in [0.5, 0.6) is 0 Å². The molecule has 8 aliphatic rings. The molecule has 0 aliphatic carbocycles. The molecule has 15 heterocycles. The largest absolute Gasteiger partial charge is 0.355 e. The number of nitrogens with one attached hydrogen (secondary N) is 1. The first-order valence-electron chi connectivity index (χ1n) is 39.7. The van der Waals surface area contributed by atoms with Crippen LogP contribution in [-0.2, 0) is 26.2 Å². The predicted molar refractivity (Wildman–Crippen MR) is 442 cm³/mol. The fourth-order valence-corrected chi connectivity index (χ4v) is 24.4. The van der Waals surface area contributed by atoms with Crippen LogP contribution in [0.25, 0.3) is 33.5 Å². The Labute approximate surface area is 696 Å². The lowest BCUT2D eigenvalue weighted by molar-refractivity contribution is 0.0398. The molecule has 8 atom stereocenters. The Bertz CT molecular complexity index is 5730. The fraction of sp³-hybridized carbons (Fsp3) is 0.512. The highest BCUT2D eigenvalue weighted by Crippen LogP contribution is 2.47. The summed E-state index contributed by atoms with van der Waals surface area (Å²) in [5.41, 5.74) is 6.37. The SMILES string of the molecule is C[C@H](c1ccc(Cl)cc1Cl)n1nc(C#N)c2ncc(N3CC([C@@H]4CC(C[C@H](c5ccc(Cl)cc5Cl)n5nc(C#N)c6ncc(N7CC([C@H]8CC(C[C@H](c9ccc(Cl)cc9Cl)n9nc(C#N)c%10ncc(N%11CC([C@@H]%12CCCN(Cc%13c[nH]cn%13)C%12)C%11)nc%109)CN(C9CCS(=O)(=O)CC9)C8)C7)nc65)CN(C5CCS(=O)(=O)CC5)C4)C3)nc21. The van der Waals surface area contributed by atoms with Crippen LogP contribution in [0.15, 0.2) is 85.7 Å². The Balaban J connectivity index is 0.612. The second-order valence-corrected chi connectivity index (χ2v) is 40.3. The molecule has 1 N–H and O–H groups in total. The molecule has 8 fully saturated rings. The zero-order valence-corrected chi connectivity index (χ0v) is 69.4. The van der Waals surface area contributed by atoms with Gasteiger partial charge < -0.3 is 19.7 Å². The van der Waals surface area contributed by atoms with E-state index in [1.807, 2.05) is 52.8 Å². The number of anilines is 3. The summed E-state index contributed by atoms with van der Waals surface area (Å²) in [5, 5.41) is 49.4. The number of piperidine rings is 3. The van der Waals surface area contributed by atoms with E-state index in [4.69, 9.17) is 110 Å². The van der Waals surface area contributed by atoms with E-state index in [-0.39, 0.29) is 87.7 Å². The van der Waals surface area contributed by atoms with E-state index in [0.29, 0.717) is 165 Å². The highest BCUT2D eigenvalue weighted by atomic mass is 35.5. The van der Waals surface area contributed by atoms with Crippen molar-refractivity contribution in [2.24, 2.45) is 47.3 Å². The molecule has 7 aromatic heterocycles. The Morgan fingerprint density at radius 1 is 0.478 bits per heavy atom. The molecule has 115 heavy (non-hydrogen) atoms. The maximum atomic E-state index is 13.1. The number of hydrogen-bond donors (Lipinski definition) is 1. The summed E-state index contributed by atoms with van der Waals surface area (Å²) in [6.07, 6.45) is 16.2. The smallest absolute Gasteiger partial charge is 0.190 e. The Morgan fingerprint density at radius 3 is 1.28 bits per heavy atom. The Hall–Kier alpha value is -8.09. The van der Waals surface area contributed by atoms with Crippen molar-refractivity contribution in [1.82, 2.24) is 83.9 Å². The minimum atomic E-state index is -3.17. The van der Waals surface area contributed by atoms with E-state index >= 15 is 0 Å². The molecule has 27 nitrogen and oxygen atoms in total. The van der Waals surface area contributed by atoms with Crippen molar-refractivity contribution in [3.63, 3.8) is 0 Å². The number of imidazole rings is 1. The van der Waals surface area contributed by atoms with Gasteiger partial charge in [-0.2, -0.15) is 31.1 Å². The van der Waals surface area contributed by atoms with Gasteiger partial charge in [-0.05, 0) is 178 Å². The lowest BCUT2D eigenvalue weighted by Crippen LogP contribution is -2.57. The summed E-state index contributed by atoms with van der Waals surface area (Å²) in [4.78, 5) is 52.4. The summed E-state index contributed by atoms with van der Waals surface area (Å²) in [6, 6.07) is 21.8. The van der Waals surface area contributed by atoms with Gasteiger partial charge in [0, 0.05) is 127 Å². The van der Waals surface area contributed by atoms with Gasteiger partial charge in [-0.3, -0.25) is 14.7 Å². The maximum Gasteiger partial charge on any atom is 0.190 e. The molecule has 0 saturated carbocycles. The normalized spacial score (nSPS) is 23.8. The lowest BCUT2D eigenvalue weighted by Gasteiger charge is -2.51. The lowest BCUT2D eigenvalue weighted by atomic mass is 9.74. The second-order valence-electron chi connectivity index (χ2n) is 33.2. The molecule has 0 bridgehead atoms. The molecular weight excluding hydrogens is 1620 g/mol. The number of nitriles is 3. The zero-order chi connectivity index (χ0) is 79.3. The number of halogens is 6. The van der Waals surface area contributed by atoms with Gasteiger partial charge in [-0.1, -0.05) is 87.8 Å². The van der Waals surface area contributed by atoms with Gasteiger partial charge >= 0.3 is 0 Å². The van der Waals surface area contributed by atoms with Gasteiger partial charge in [-0.15, -0.1) is 0 Å². The molecule has 18 rings (SSSR count). The minimum absolute atomic E-state index is 0.0314. The summed E-state index contributed by atoms with van der Waals surface area (Å²) in [6.45, 7) is 12.2. The number of aromatic nitrogens is 14. The molecule has 0 amide bonds. The third kappa shape index (κ3) is 15.8. The molecular formula is C80H85Cl6N23O4S2. The average molecular weight is 1710 g/mol. The number of nitrogens with zero attached hydrogens (tertiary/aromatic N) is 22. The summed E-state index contributed by atoms with van der Waals surface area (Å²) in [5.74, 6) is 4.47. The first-order valence-corrected chi connectivity index (χ1v) is 45.6. The number of fused-ring (bicyclic) bond motifs is 3. The maximum absolute atomic E-state index is 13.1. The first-order chi connectivity index (χ1) is 55.5. The molecule has 3 aromatic carbocycles. The van der Waals surface area contributed by atoms with Crippen LogP contribution in [0.3, 0.4) is 0 Å². The summed E-state index contributed by atoms with van der Waals surface area (Å²) < 4.78 is 57.5. The molecule has 2 unspecified atom stereocenters. The van der Waals surface area contributed by atoms with Crippen LogP contribution >= 0.6 is 69.6 Å². The number of benzene rings is 3. The van der Waals surface area contributed by atoms with Crippen LogP contribution < -0.4 is 14.7 Å². The van der Waals surface area contributed by atoms with Crippen molar-refractivity contribution in [2.75, 3.05) is 116 Å². The van der Waals surface area contributed by atoms with Gasteiger partial charge in [0.1, 0.15) is 71.9 Å². The monoisotopic (exact) mass is 1710 g/mol. The third-order valence-corrected chi connectivity index (χ3v) is 31.2. The van der Waals surface area contributed by atoms with Crippen LogP contribution in [0.2, 0.25) is 30.1 Å². The highest BCUT2D eigenvalue weighted by molar-refractivity contribution is 7.91. The van der Waals surface area contributed by atoms with E-state index in [0.717, 1.165) is 93.3 Å². The zero-order valence-electron chi connectivity index (χ0n) is 63.2. The van der Waals surface area contributed by atoms with Gasteiger partial charge in [0.05, 0.1) is 71.7 Å². The van der Waals surface area contributed by atoms with Crippen molar-refractivity contribution in [3.05, 3.63) is 155 Å². The van der Waals surface area contributed by atoms with Crippen molar-refractivity contribution in [1.29, 1.82) is 15.8 Å². The molecule has 8 aliphatic heterocycles. The van der Waals surface area contributed by atoms with Crippen molar-refractivity contribution >= 4 is 140 Å². The van der Waals surface area contributed by atoms with E-state index < -0.39 is 37.8 Å². The number of H-pyrrole nitrogens is 1. The van der Waals surface area contributed by atoms with Crippen LogP contribution in [0, 0.1) is 81.3 Å². The summed E-state index contributed by atoms with van der Waals surface area (Å²) >= 11 is 41.0. The third-order valence-electron chi connectivity index (χ3n) is 26.1. The molecule has 598 valence electrons. The van der Waals surface area contributed by atoms with Gasteiger partial charge in [0.25, 0.3) is 0 Å². The minimum Gasteiger partial charge on any atom is -0.355 e. The summed E-state index contributed by atoms with van der Waals surface area (Å²) in [7, 11) is -6.34. The van der Waals surface area contributed by atoms with E-state index in [9.17, 15) is 32.6 Å². The van der Waals surface area contributed by atoms with E-state index in [2.05, 4.69) is 62.7 Å².